The second-order valence-corrected chi connectivity index (χ2v) is 6.75. The van der Waals surface area contributed by atoms with E-state index < -0.39 is 11.5 Å². The average molecular weight is 347 g/mol. The number of hydrogen-bond donors (Lipinski definition) is 2. The van der Waals surface area contributed by atoms with Crippen LogP contribution in [0.3, 0.4) is 0 Å². The molecule has 1 heterocycles. The number of nitrogens with one attached hydrogen (secondary N) is 1. The van der Waals surface area contributed by atoms with E-state index in [1.54, 1.807) is 0 Å². The first-order valence-electron chi connectivity index (χ1n) is 8.52. The van der Waals surface area contributed by atoms with Crippen LogP contribution in [0.5, 0.6) is 0 Å². The molecule has 0 aromatic heterocycles. The Morgan fingerprint density at radius 3 is 2.48 bits per heavy atom. The molecule has 1 saturated heterocycles. The Labute approximate surface area is 147 Å². The molecule has 25 heavy (non-hydrogen) atoms. The van der Waals surface area contributed by atoms with Crippen molar-refractivity contribution in [3.05, 3.63) is 34.9 Å². The highest BCUT2D eigenvalue weighted by Gasteiger charge is 2.36. The third kappa shape index (κ3) is 5.39. The predicted octanol–water partition coefficient (Wildman–Crippen LogP) is 2.41. The van der Waals surface area contributed by atoms with Crippen molar-refractivity contribution in [2.24, 2.45) is 0 Å². The number of carboxylic acids is 1. The van der Waals surface area contributed by atoms with Crippen molar-refractivity contribution in [2.75, 3.05) is 13.2 Å². The molecular weight excluding hydrogens is 322 g/mol. The number of hydrogen-bond acceptors (Lipinski definition) is 4. The van der Waals surface area contributed by atoms with Crippen LogP contribution in [0, 0.1) is 13.8 Å². The molecule has 136 valence electrons. The van der Waals surface area contributed by atoms with Crippen LogP contribution < -0.4 is 5.32 Å². The molecule has 1 fully saturated rings. The van der Waals surface area contributed by atoms with Crippen LogP contribution in [-0.4, -0.2) is 41.5 Å². The fourth-order valence-electron chi connectivity index (χ4n) is 3.15. The number of benzene rings is 1. The van der Waals surface area contributed by atoms with E-state index in [9.17, 15) is 14.4 Å². The summed E-state index contributed by atoms with van der Waals surface area (Å²) < 4.78 is 5.27. The van der Waals surface area contributed by atoms with Gasteiger partial charge in [0.15, 0.2) is 5.78 Å². The molecule has 2 rings (SSSR count). The number of ether oxygens (including phenoxy) is 1. The number of carbonyl (C=O) groups excluding carboxylic acids is 2. The summed E-state index contributed by atoms with van der Waals surface area (Å²) in [6.07, 6.45) is 0.962. The third-order valence-electron chi connectivity index (χ3n) is 4.62. The maximum atomic E-state index is 12.4. The van der Waals surface area contributed by atoms with Gasteiger partial charge in [-0.25, -0.2) is 0 Å². The Bertz CT molecular complexity index is 662. The van der Waals surface area contributed by atoms with Crippen LogP contribution in [0.2, 0.25) is 0 Å². The van der Waals surface area contributed by atoms with Gasteiger partial charge >= 0.3 is 5.97 Å². The Balaban J connectivity index is 1.95. The molecule has 1 aromatic carbocycles. The van der Waals surface area contributed by atoms with E-state index in [2.05, 4.69) is 5.32 Å². The van der Waals surface area contributed by atoms with Crippen molar-refractivity contribution in [1.82, 2.24) is 5.32 Å². The van der Waals surface area contributed by atoms with E-state index >= 15 is 0 Å². The molecule has 6 heteroatoms. The number of aryl methyl sites for hydroxylation is 2. The van der Waals surface area contributed by atoms with Crippen molar-refractivity contribution < 1.29 is 24.2 Å². The Morgan fingerprint density at radius 2 is 1.84 bits per heavy atom. The van der Waals surface area contributed by atoms with E-state index in [-0.39, 0.29) is 31.0 Å². The molecule has 0 aliphatic carbocycles. The monoisotopic (exact) mass is 347 g/mol. The van der Waals surface area contributed by atoms with Gasteiger partial charge in [-0.05, 0) is 38.3 Å². The standard InChI is InChI=1S/C19H25NO5/c1-13-3-4-14(2)15(11-13)16(21)5-6-17(22)20-19(12-18(23)24)7-9-25-10-8-19/h3-4,11H,5-10,12H2,1-2H3,(H,20,22)(H,23,24). The number of rotatable bonds is 7. The molecule has 0 unspecified atom stereocenters. The van der Waals surface area contributed by atoms with Crippen LogP contribution in [0.1, 0.15) is 53.6 Å². The molecule has 1 aliphatic rings. The molecule has 1 aliphatic heterocycles. The average Bonchev–Trinajstić information content (AvgIpc) is 2.54. The van der Waals surface area contributed by atoms with Crippen molar-refractivity contribution in [3.8, 4) is 0 Å². The highest BCUT2D eigenvalue weighted by molar-refractivity contribution is 5.99. The van der Waals surface area contributed by atoms with Crippen LogP contribution in [0.4, 0.5) is 0 Å². The minimum Gasteiger partial charge on any atom is -0.481 e. The summed E-state index contributed by atoms with van der Waals surface area (Å²) in [5.41, 5.74) is 1.76. The zero-order valence-electron chi connectivity index (χ0n) is 14.8. The highest BCUT2D eigenvalue weighted by Crippen LogP contribution is 2.25. The first-order chi connectivity index (χ1) is 11.8. The SMILES string of the molecule is Cc1ccc(C)c(C(=O)CCC(=O)NC2(CC(=O)O)CCOCC2)c1. The molecule has 0 saturated carbocycles. The zero-order chi connectivity index (χ0) is 18.4. The first kappa shape index (κ1) is 19.1. The number of Topliss-reactive ketones (excluding diaryl/α,β-unsaturated/α-hetero) is 1. The molecule has 6 nitrogen and oxygen atoms in total. The second-order valence-electron chi connectivity index (χ2n) is 6.75. The maximum absolute atomic E-state index is 12.4. The van der Waals surface area contributed by atoms with E-state index in [4.69, 9.17) is 9.84 Å². The van der Waals surface area contributed by atoms with Gasteiger partial charge in [-0.2, -0.15) is 0 Å². The van der Waals surface area contributed by atoms with Crippen LogP contribution in [0.25, 0.3) is 0 Å². The number of amides is 1. The molecule has 0 atom stereocenters. The lowest BCUT2D eigenvalue weighted by Crippen LogP contribution is -2.53. The zero-order valence-corrected chi connectivity index (χ0v) is 14.8. The Morgan fingerprint density at radius 1 is 1.16 bits per heavy atom. The fraction of sp³-hybridized carbons (Fsp3) is 0.526. The summed E-state index contributed by atoms with van der Waals surface area (Å²) in [5, 5.41) is 12.0. The van der Waals surface area contributed by atoms with Crippen LogP contribution in [0.15, 0.2) is 18.2 Å². The lowest BCUT2D eigenvalue weighted by Gasteiger charge is -2.36. The Kier molecular flexibility index (Phi) is 6.31. The second kappa shape index (κ2) is 8.25. The topological polar surface area (TPSA) is 92.7 Å². The summed E-state index contributed by atoms with van der Waals surface area (Å²) in [6, 6.07) is 5.67. The van der Waals surface area contributed by atoms with Gasteiger partial charge in [0.1, 0.15) is 0 Å². The molecule has 0 bridgehead atoms. The molecule has 1 aromatic rings. The van der Waals surface area contributed by atoms with E-state index in [0.717, 1.165) is 11.1 Å². The predicted molar refractivity (Wildman–Crippen MR) is 92.7 cm³/mol. The summed E-state index contributed by atoms with van der Waals surface area (Å²) in [6.45, 7) is 4.64. The maximum Gasteiger partial charge on any atom is 0.305 e. The molecular formula is C19H25NO5. The highest BCUT2D eigenvalue weighted by atomic mass is 16.5. The third-order valence-corrected chi connectivity index (χ3v) is 4.62. The minimum atomic E-state index is -0.950. The number of carboxylic acid groups (broad SMARTS) is 1. The van der Waals surface area contributed by atoms with Gasteiger partial charge in [0.05, 0.1) is 12.0 Å². The van der Waals surface area contributed by atoms with E-state index in [1.807, 2.05) is 32.0 Å². The van der Waals surface area contributed by atoms with Crippen molar-refractivity contribution in [3.63, 3.8) is 0 Å². The van der Waals surface area contributed by atoms with E-state index in [1.165, 1.54) is 0 Å². The van der Waals surface area contributed by atoms with Crippen molar-refractivity contribution in [2.45, 2.75) is 51.5 Å². The lowest BCUT2D eigenvalue weighted by atomic mass is 9.86. The van der Waals surface area contributed by atoms with Gasteiger partial charge in [0, 0.05) is 31.6 Å². The molecule has 1 amide bonds. The van der Waals surface area contributed by atoms with Gasteiger partial charge in [-0.1, -0.05) is 17.7 Å². The normalized spacial score (nSPS) is 16.2. The summed E-state index contributed by atoms with van der Waals surface area (Å²) in [5.74, 6) is -1.31. The summed E-state index contributed by atoms with van der Waals surface area (Å²) in [7, 11) is 0. The smallest absolute Gasteiger partial charge is 0.305 e. The van der Waals surface area contributed by atoms with E-state index in [0.29, 0.717) is 31.6 Å². The minimum absolute atomic E-state index is 0.0500. The Hall–Kier alpha value is -2.21. The van der Waals surface area contributed by atoms with Crippen LogP contribution >= 0.6 is 0 Å². The van der Waals surface area contributed by atoms with Crippen LogP contribution in [-0.2, 0) is 14.3 Å². The fourth-order valence-corrected chi connectivity index (χ4v) is 3.15. The van der Waals surface area contributed by atoms with Gasteiger partial charge in [-0.15, -0.1) is 0 Å². The van der Waals surface area contributed by atoms with Gasteiger partial charge in [-0.3, -0.25) is 14.4 Å². The molecule has 0 spiro atoms. The summed E-state index contributed by atoms with van der Waals surface area (Å²) in [4.78, 5) is 35.8. The largest absolute Gasteiger partial charge is 0.481 e. The van der Waals surface area contributed by atoms with Gasteiger partial charge in [0.2, 0.25) is 5.91 Å². The lowest BCUT2D eigenvalue weighted by molar-refractivity contribution is -0.140. The quantitative estimate of drug-likeness (QED) is 0.739. The van der Waals surface area contributed by atoms with Crippen molar-refractivity contribution >= 4 is 17.7 Å². The number of carbonyl (C=O) groups is 3. The van der Waals surface area contributed by atoms with Crippen molar-refractivity contribution in [1.29, 1.82) is 0 Å². The number of aliphatic carboxylic acids is 1. The summed E-state index contributed by atoms with van der Waals surface area (Å²) >= 11 is 0. The molecule has 2 N–H and O–H groups in total. The number of ketones is 1. The van der Waals surface area contributed by atoms with Gasteiger partial charge in [0.25, 0.3) is 0 Å². The van der Waals surface area contributed by atoms with Gasteiger partial charge < -0.3 is 15.2 Å². The first-order valence-corrected chi connectivity index (χ1v) is 8.52. The molecule has 0 radical (unpaired) electrons.